The van der Waals surface area contributed by atoms with E-state index in [0.717, 1.165) is 30.4 Å². The predicted molar refractivity (Wildman–Crippen MR) is 120 cm³/mol. The molecule has 1 heterocycles. The Labute approximate surface area is 191 Å². The van der Waals surface area contributed by atoms with Crippen LogP contribution in [0.2, 0.25) is 5.02 Å². The van der Waals surface area contributed by atoms with E-state index in [1.165, 1.54) is 18.2 Å². The van der Waals surface area contributed by atoms with Gasteiger partial charge in [0.15, 0.2) is 0 Å². The molecular weight excluding hydrogens is 434 g/mol. The maximum Gasteiger partial charge on any atom is 0.257 e. The summed E-state index contributed by atoms with van der Waals surface area (Å²) in [5.74, 6) is -1.56. The Morgan fingerprint density at radius 3 is 2.72 bits per heavy atom. The van der Waals surface area contributed by atoms with Crippen molar-refractivity contribution < 1.29 is 18.4 Å². The minimum absolute atomic E-state index is 0.0873. The first-order valence-electron chi connectivity index (χ1n) is 11.2. The smallest absolute Gasteiger partial charge is 0.257 e. The third-order valence-corrected chi connectivity index (χ3v) is 6.82. The lowest BCUT2D eigenvalue weighted by molar-refractivity contribution is -0.123. The van der Waals surface area contributed by atoms with E-state index >= 15 is 0 Å². The van der Waals surface area contributed by atoms with Crippen molar-refractivity contribution in [3.05, 3.63) is 70.0 Å². The molecule has 0 bridgehead atoms. The van der Waals surface area contributed by atoms with Gasteiger partial charge in [0.1, 0.15) is 12.0 Å². The van der Waals surface area contributed by atoms with Gasteiger partial charge in [-0.15, -0.1) is 0 Å². The normalized spacial score (nSPS) is 22.8. The summed E-state index contributed by atoms with van der Waals surface area (Å²) >= 11 is 6.00. The molecule has 0 radical (unpaired) electrons. The fourth-order valence-electron chi connectivity index (χ4n) is 4.84. The Bertz CT molecular complexity index is 1000. The van der Waals surface area contributed by atoms with E-state index in [2.05, 4.69) is 5.32 Å². The molecule has 7 heteroatoms. The van der Waals surface area contributed by atoms with Gasteiger partial charge in [0.05, 0.1) is 11.6 Å². The predicted octanol–water partition coefficient (Wildman–Crippen LogP) is 5.25. The van der Waals surface area contributed by atoms with Gasteiger partial charge < -0.3 is 10.2 Å². The molecule has 0 spiro atoms. The summed E-state index contributed by atoms with van der Waals surface area (Å²) in [5, 5.41) is 3.19. The molecule has 1 aliphatic carbocycles. The van der Waals surface area contributed by atoms with Gasteiger partial charge in [0.25, 0.3) is 5.91 Å². The number of hydrogen-bond acceptors (Lipinski definition) is 2. The van der Waals surface area contributed by atoms with Crippen LogP contribution in [-0.2, 0) is 11.2 Å². The number of nitrogens with one attached hydrogen (secondary N) is 1. The van der Waals surface area contributed by atoms with Crippen molar-refractivity contribution in [2.45, 2.75) is 50.7 Å². The number of amides is 2. The zero-order chi connectivity index (χ0) is 22.7. The number of rotatable bonds is 5. The standard InChI is InChI=1S/C25H27ClF2N2O2/c26-18-9-10-22(28)20(14-18)25(32)30-12-11-16-5-1-3-7-19(16)23(30)15-29-24(31)13-17-6-2-4-8-21(17)27/h1,3,5,7,9-10,14,17,21,23H,2,4,6,8,11-13,15H2,(H,29,31). The first-order valence-corrected chi connectivity index (χ1v) is 11.6. The van der Waals surface area contributed by atoms with Crippen LogP contribution >= 0.6 is 11.6 Å². The molecule has 2 amide bonds. The SMILES string of the molecule is O=C(CC1CCCCC1F)NCC1c2ccccc2CCN1C(=O)c1cc(Cl)ccc1F. The lowest BCUT2D eigenvalue weighted by atomic mass is 9.85. The molecule has 3 atom stereocenters. The number of halogens is 3. The lowest BCUT2D eigenvalue weighted by Gasteiger charge is -2.38. The number of carbonyl (C=O) groups excluding carboxylic acids is 2. The Kier molecular flexibility index (Phi) is 7.09. The second kappa shape index (κ2) is 9.99. The van der Waals surface area contributed by atoms with Crippen LogP contribution in [0.15, 0.2) is 42.5 Å². The Balaban J connectivity index is 1.52. The Hall–Kier alpha value is -2.47. The van der Waals surface area contributed by atoms with Gasteiger partial charge in [0.2, 0.25) is 5.91 Å². The number of benzene rings is 2. The van der Waals surface area contributed by atoms with Gasteiger partial charge in [-0.05, 0) is 54.5 Å². The molecule has 1 fully saturated rings. The highest BCUT2D eigenvalue weighted by Crippen LogP contribution is 2.32. The highest BCUT2D eigenvalue weighted by Gasteiger charge is 2.33. The van der Waals surface area contributed by atoms with Crippen molar-refractivity contribution in [1.82, 2.24) is 10.2 Å². The molecule has 0 aromatic heterocycles. The summed E-state index contributed by atoms with van der Waals surface area (Å²) in [4.78, 5) is 27.5. The minimum Gasteiger partial charge on any atom is -0.354 e. The van der Waals surface area contributed by atoms with Crippen LogP contribution in [0.3, 0.4) is 0 Å². The largest absolute Gasteiger partial charge is 0.354 e. The van der Waals surface area contributed by atoms with Gasteiger partial charge in [-0.25, -0.2) is 8.78 Å². The molecular formula is C25H27ClF2N2O2. The monoisotopic (exact) mass is 460 g/mol. The molecule has 3 unspecified atom stereocenters. The van der Waals surface area contributed by atoms with Gasteiger partial charge in [0, 0.05) is 24.5 Å². The molecule has 0 saturated heterocycles. The summed E-state index contributed by atoms with van der Waals surface area (Å²) < 4.78 is 28.5. The maximum absolute atomic E-state index is 14.4. The molecule has 1 N–H and O–H groups in total. The summed E-state index contributed by atoms with van der Waals surface area (Å²) in [6, 6.07) is 11.2. The number of hydrogen-bond donors (Lipinski definition) is 1. The number of fused-ring (bicyclic) bond motifs is 1. The third kappa shape index (κ3) is 4.96. The second-order valence-electron chi connectivity index (χ2n) is 8.66. The van der Waals surface area contributed by atoms with E-state index in [4.69, 9.17) is 11.6 Å². The van der Waals surface area contributed by atoms with E-state index < -0.39 is 23.9 Å². The van der Waals surface area contributed by atoms with Gasteiger partial charge in [-0.1, -0.05) is 48.7 Å². The molecule has 1 aliphatic heterocycles. The lowest BCUT2D eigenvalue weighted by Crippen LogP contribution is -2.45. The zero-order valence-electron chi connectivity index (χ0n) is 17.8. The number of alkyl halides is 1. The van der Waals surface area contributed by atoms with Crippen molar-refractivity contribution in [3.63, 3.8) is 0 Å². The molecule has 4 rings (SSSR count). The van der Waals surface area contributed by atoms with Crippen molar-refractivity contribution in [2.75, 3.05) is 13.1 Å². The third-order valence-electron chi connectivity index (χ3n) is 6.59. The van der Waals surface area contributed by atoms with E-state index in [1.807, 2.05) is 24.3 Å². The van der Waals surface area contributed by atoms with Gasteiger partial charge in [-0.2, -0.15) is 0 Å². The summed E-state index contributed by atoms with van der Waals surface area (Å²) in [6.45, 7) is 0.588. The second-order valence-corrected chi connectivity index (χ2v) is 9.09. The first-order chi connectivity index (χ1) is 15.4. The molecule has 2 aliphatic rings. The zero-order valence-corrected chi connectivity index (χ0v) is 18.6. The molecule has 2 aromatic carbocycles. The van der Waals surface area contributed by atoms with Crippen LogP contribution in [-0.4, -0.2) is 36.0 Å². The summed E-state index contributed by atoms with van der Waals surface area (Å²) in [7, 11) is 0. The molecule has 1 saturated carbocycles. The van der Waals surface area contributed by atoms with Crippen LogP contribution < -0.4 is 5.32 Å². The van der Waals surface area contributed by atoms with Crippen LogP contribution in [0.4, 0.5) is 8.78 Å². The molecule has 170 valence electrons. The van der Waals surface area contributed by atoms with Crippen molar-refractivity contribution in [2.24, 2.45) is 5.92 Å². The van der Waals surface area contributed by atoms with Crippen molar-refractivity contribution in [1.29, 1.82) is 0 Å². The summed E-state index contributed by atoms with van der Waals surface area (Å²) in [5.41, 5.74) is 1.94. The van der Waals surface area contributed by atoms with Crippen LogP contribution in [0.5, 0.6) is 0 Å². The summed E-state index contributed by atoms with van der Waals surface area (Å²) in [6.07, 6.45) is 2.90. The van der Waals surface area contributed by atoms with Gasteiger partial charge in [-0.3, -0.25) is 9.59 Å². The van der Waals surface area contributed by atoms with E-state index in [-0.39, 0.29) is 35.4 Å². The number of carbonyl (C=O) groups is 2. The Morgan fingerprint density at radius 2 is 1.91 bits per heavy atom. The molecule has 32 heavy (non-hydrogen) atoms. The minimum atomic E-state index is -0.936. The van der Waals surface area contributed by atoms with Gasteiger partial charge >= 0.3 is 0 Å². The quantitative estimate of drug-likeness (QED) is 0.662. The topological polar surface area (TPSA) is 49.4 Å². The van der Waals surface area contributed by atoms with Crippen LogP contribution in [0, 0.1) is 11.7 Å². The molecule has 4 nitrogen and oxygen atoms in total. The van der Waals surface area contributed by atoms with E-state index in [0.29, 0.717) is 19.4 Å². The van der Waals surface area contributed by atoms with Crippen LogP contribution in [0.1, 0.15) is 59.6 Å². The molecule has 2 aromatic rings. The number of nitrogens with zero attached hydrogens (tertiary/aromatic N) is 1. The maximum atomic E-state index is 14.4. The highest BCUT2D eigenvalue weighted by atomic mass is 35.5. The van der Waals surface area contributed by atoms with Crippen LogP contribution in [0.25, 0.3) is 0 Å². The fourth-order valence-corrected chi connectivity index (χ4v) is 5.02. The van der Waals surface area contributed by atoms with E-state index in [1.54, 1.807) is 4.90 Å². The average molecular weight is 461 g/mol. The average Bonchev–Trinajstić information content (AvgIpc) is 2.80. The van der Waals surface area contributed by atoms with E-state index in [9.17, 15) is 18.4 Å². The van der Waals surface area contributed by atoms with Crippen molar-refractivity contribution >= 4 is 23.4 Å². The first kappa shape index (κ1) is 22.7. The van der Waals surface area contributed by atoms with Crippen molar-refractivity contribution in [3.8, 4) is 0 Å². The highest BCUT2D eigenvalue weighted by molar-refractivity contribution is 6.31. The fraction of sp³-hybridized carbons (Fsp3) is 0.440. The Morgan fingerprint density at radius 1 is 1.12 bits per heavy atom.